The van der Waals surface area contributed by atoms with Crippen LogP contribution in [0, 0.1) is 11.6 Å². The number of carbonyl (C=O) groups excluding carboxylic acids is 1. The fraction of sp³-hybridized carbons (Fsp3) is 0.100. The molecule has 3 rings (SSSR count). The van der Waals surface area contributed by atoms with Gasteiger partial charge in [-0.1, -0.05) is 12.1 Å². The Bertz CT molecular complexity index is 917. The van der Waals surface area contributed by atoms with Gasteiger partial charge in [0.25, 0.3) is 5.91 Å². The maximum absolute atomic E-state index is 13.6. The van der Waals surface area contributed by atoms with Crippen LogP contribution in [0.15, 0.2) is 67.0 Å². The van der Waals surface area contributed by atoms with Gasteiger partial charge in [-0.25, -0.2) is 8.78 Å². The molecule has 0 N–H and O–H groups in total. The summed E-state index contributed by atoms with van der Waals surface area (Å²) >= 11 is 0. The second-order valence-electron chi connectivity index (χ2n) is 5.58. The number of aromatic nitrogens is 1. The van der Waals surface area contributed by atoms with Crippen LogP contribution in [0.25, 0.3) is 0 Å². The minimum atomic E-state index is -1.07. The molecule has 4 nitrogen and oxygen atoms in total. The van der Waals surface area contributed by atoms with E-state index in [-0.39, 0.29) is 12.1 Å². The maximum atomic E-state index is 13.6. The summed E-state index contributed by atoms with van der Waals surface area (Å²) in [6.07, 6.45) is 3.28. The third-order valence-corrected chi connectivity index (χ3v) is 3.84. The Kier molecular flexibility index (Phi) is 5.22. The van der Waals surface area contributed by atoms with E-state index in [2.05, 4.69) is 4.98 Å². The molecule has 132 valence electrons. The first kappa shape index (κ1) is 17.5. The van der Waals surface area contributed by atoms with E-state index in [1.165, 1.54) is 18.1 Å². The predicted octanol–water partition coefficient (Wildman–Crippen LogP) is 4.22. The molecule has 0 saturated carbocycles. The number of amides is 1. The SMILES string of the molecule is COc1cccc(N(Cc2cccnc2)C(=O)c2ccc(F)c(F)c2)c1. The first-order valence-electron chi connectivity index (χ1n) is 7.88. The van der Waals surface area contributed by atoms with Crippen LogP contribution in [-0.2, 0) is 6.54 Å². The van der Waals surface area contributed by atoms with Gasteiger partial charge >= 0.3 is 0 Å². The molecule has 0 fully saturated rings. The summed E-state index contributed by atoms with van der Waals surface area (Å²) < 4.78 is 32.0. The molecule has 0 aliphatic heterocycles. The first-order chi connectivity index (χ1) is 12.6. The van der Waals surface area contributed by atoms with E-state index in [1.54, 1.807) is 42.7 Å². The summed E-state index contributed by atoms with van der Waals surface area (Å²) in [5.74, 6) is -1.94. The minimum Gasteiger partial charge on any atom is -0.497 e. The molecule has 6 heteroatoms. The lowest BCUT2D eigenvalue weighted by atomic mass is 10.1. The minimum absolute atomic E-state index is 0.0515. The van der Waals surface area contributed by atoms with Crippen LogP contribution in [0.1, 0.15) is 15.9 Å². The third-order valence-electron chi connectivity index (χ3n) is 3.84. The Morgan fingerprint density at radius 3 is 2.62 bits per heavy atom. The third kappa shape index (κ3) is 3.85. The fourth-order valence-corrected chi connectivity index (χ4v) is 2.52. The van der Waals surface area contributed by atoms with Crippen molar-refractivity contribution in [1.82, 2.24) is 4.98 Å². The van der Waals surface area contributed by atoms with E-state index in [1.807, 2.05) is 6.07 Å². The van der Waals surface area contributed by atoms with Crippen molar-refractivity contribution in [3.8, 4) is 5.75 Å². The number of carbonyl (C=O) groups is 1. The van der Waals surface area contributed by atoms with Gasteiger partial charge in [-0.2, -0.15) is 0 Å². The molecule has 0 radical (unpaired) electrons. The molecule has 3 aromatic rings. The summed E-state index contributed by atoms with van der Waals surface area (Å²) in [6.45, 7) is 0.221. The van der Waals surface area contributed by atoms with Crippen LogP contribution in [0.3, 0.4) is 0 Å². The monoisotopic (exact) mass is 354 g/mol. The summed E-state index contributed by atoms with van der Waals surface area (Å²) in [5, 5.41) is 0. The van der Waals surface area contributed by atoms with Gasteiger partial charge in [-0.05, 0) is 42.0 Å². The van der Waals surface area contributed by atoms with Crippen LogP contribution in [0.2, 0.25) is 0 Å². The number of halogens is 2. The number of hydrogen-bond donors (Lipinski definition) is 0. The molecule has 26 heavy (non-hydrogen) atoms. The summed E-state index contributed by atoms with van der Waals surface area (Å²) in [5.41, 5.74) is 1.42. The molecular weight excluding hydrogens is 338 g/mol. The van der Waals surface area contributed by atoms with Crippen molar-refractivity contribution in [1.29, 1.82) is 0 Å². The predicted molar refractivity (Wildman–Crippen MR) is 94.1 cm³/mol. The van der Waals surface area contributed by atoms with Gasteiger partial charge in [-0.15, -0.1) is 0 Å². The van der Waals surface area contributed by atoms with Crippen LogP contribution >= 0.6 is 0 Å². The van der Waals surface area contributed by atoms with E-state index in [4.69, 9.17) is 4.74 Å². The zero-order valence-electron chi connectivity index (χ0n) is 14.0. The van der Waals surface area contributed by atoms with Crippen LogP contribution in [-0.4, -0.2) is 18.0 Å². The lowest BCUT2D eigenvalue weighted by Gasteiger charge is -2.23. The molecule has 1 amide bonds. The van der Waals surface area contributed by atoms with Gasteiger partial charge in [0.05, 0.1) is 13.7 Å². The Labute approximate surface area is 149 Å². The van der Waals surface area contributed by atoms with Gasteiger partial charge < -0.3 is 9.64 Å². The number of pyridine rings is 1. The van der Waals surface area contributed by atoms with Crippen LogP contribution in [0.4, 0.5) is 14.5 Å². The molecule has 1 heterocycles. The fourth-order valence-electron chi connectivity index (χ4n) is 2.52. The average molecular weight is 354 g/mol. The number of anilines is 1. The van der Waals surface area contributed by atoms with Crippen molar-refractivity contribution >= 4 is 11.6 Å². The number of nitrogens with zero attached hydrogens (tertiary/aromatic N) is 2. The van der Waals surface area contributed by atoms with E-state index < -0.39 is 17.5 Å². The van der Waals surface area contributed by atoms with Crippen molar-refractivity contribution in [2.45, 2.75) is 6.54 Å². The van der Waals surface area contributed by atoms with Crippen LogP contribution in [0.5, 0.6) is 5.75 Å². The molecule has 0 aliphatic carbocycles. The average Bonchev–Trinajstić information content (AvgIpc) is 2.68. The highest BCUT2D eigenvalue weighted by Crippen LogP contribution is 2.25. The van der Waals surface area contributed by atoms with E-state index in [9.17, 15) is 13.6 Å². The number of ether oxygens (including phenoxy) is 1. The zero-order chi connectivity index (χ0) is 18.5. The second-order valence-corrected chi connectivity index (χ2v) is 5.58. The van der Waals surface area contributed by atoms with Crippen molar-refractivity contribution in [3.63, 3.8) is 0 Å². The molecular formula is C20H16F2N2O2. The van der Waals surface area contributed by atoms with Crippen LogP contribution < -0.4 is 9.64 Å². The van der Waals surface area contributed by atoms with Crippen molar-refractivity contribution < 1.29 is 18.3 Å². The molecule has 0 aliphatic rings. The summed E-state index contributed by atoms with van der Waals surface area (Å²) in [6, 6.07) is 13.7. The number of methoxy groups -OCH3 is 1. The quantitative estimate of drug-likeness (QED) is 0.689. The summed E-state index contributed by atoms with van der Waals surface area (Å²) in [4.78, 5) is 18.5. The Morgan fingerprint density at radius 2 is 1.92 bits per heavy atom. The molecule has 0 spiro atoms. The Hall–Kier alpha value is -3.28. The molecule has 1 aromatic heterocycles. The summed E-state index contributed by atoms with van der Waals surface area (Å²) in [7, 11) is 1.53. The maximum Gasteiger partial charge on any atom is 0.258 e. The van der Waals surface area contributed by atoms with E-state index >= 15 is 0 Å². The van der Waals surface area contributed by atoms with Gasteiger partial charge in [0.15, 0.2) is 11.6 Å². The standard InChI is InChI=1S/C20H16F2N2O2/c1-26-17-6-2-5-16(11-17)24(13-14-4-3-9-23-12-14)20(25)15-7-8-18(21)19(22)10-15/h2-12H,13H2,1H3. The molecule has 0 bridgehead atoms. The normalized spacial score (nSPS) is 10.4. The highest BCUT2D eigenvalue weighted by atomic mass is 19.2. The Morgan fingerprint density at radius 1 is 1.08 bits per heavy atom. The number of benzene rings is 2. The zero-order valence-corrected chi connectivity index (χ0v) is 14.0. The first-order valence-corrected chi connectivity index (χ1v) is 7.88. The van der Waals surface area contributed by atoms with Gasteiger partial charge in [0.2, 0.25) is 0 Å². The van der Waals surface area contributed by atoms with E-state index in [0.717, 1.165) is 17.7 Å². The van der Waals surface area contributed by atoms with E-state index in [0.29, 0.717) is 11.4 Å². The molecule has 2 aromatic carbocycles. The van der Waals surface area contributed by atoms with Crippen molar-refractivity contribution in [3.05, 3.63) is 89.8 Å². The number of rotatable bonds is 5. The Balaban J connectivity index is 2.01. The number of hydrogen-bond acceptors (Lipinski definition) is 3. The molecule has 0 saturated heterocycles. The van der Waals surface area contributed by atoms with Gasteiger partial charge in [0, 0.05) is 29.7 Å². The van der Waals surface area contributed by atoms with Gasteiger partial charge in [-0.3, -0.25) is 9.78 Å². The lowest BCUT2D eigenvalue weighted by Crippen LogP contribution is -2.30. The van der Waals surface area contributed by atoms with Crippen molar-refractivity contribution in [2.75, 3.05) is 12.0 Å². The lowest BCUT2D eigenvalue weighted by molar-refractivity contribution is 0.0984. The molecule has 0 atom stereocenters. The highest BCUT2D eigenvalue weighted by molar-refractivity contribution is 6.06. The largest absolute Gasteiger partial charge is 0.497 e. The smallest absolute Gasteiger partial charge is 0.258 e. The van der Waals surface area contributed by atoms with Gasteiger partial charge in [0.1, 0.15) is 5.75 Å². The highest BCUT2D eigenvalue weighted by Gasteiger charge is 2.20. The van der Waals surface area contributed by atoms with Crippen molar-refractivity contribution in [2.24, 2.45) is 0 Å². The topological polar surface area (TPSA) is 42.4 Å². The second kappa shape index (κ2) is 7.74. The molecule has 0 unspecified atom stereocenters.